The van der Waals surface area contributed by atoms with Gasteiger partial charge in [0.1, 0.15) is 0 Å². The highest BCUT2D eigenvalue weighted by Gasteiger charge is 2.31. The van der Waals surface area contributed by atoms with E-state index in [4.69, 9.17) is 5.11 Å². The van der Waals surface area contributed by atoms with E-state index in [1.807, 2.05) is 0 Å². The van der Waals surface area contributed by atoms with Crippen LogP contribution in [0.3, 0.4) is 0 Å². The number of aliphatic hydroxyl groups is 1. The van der Waals surface area contributed by atoms with Gasteiger partial charge in [-0.15, -0.1) is 0 Å². The fourth-order valence-electron chi connectivity index (χ4n) is 1.19. The molecule has 1 aliphatic carbocycles. The van der Waals surface area contributed by atoms with Crippen molar-refractivity contribution in [2.75, 3.05) is 12.9 Å². The van der Waals surface area contributed by atoms with Gasteiger partial charge in [-0.2, -0.15) is 0 Å². The molecule has 1 aliphatic rings. The Bertz CT molecular complexity index is 306. The minimum atomic E-state index is -3.61. The smallest absolute Gasteiger partial charge is 0.322 e. The number of ether oxygens (including phenoxy) is 1. The molecule has 0 atom stereocenters. The summed E-state index contributed by atoms with van der Waals surface area (Å²) >= 11 is 0. The number of hydrogen-bond acceptors (Lipinski definition) is 5. The van der Waals surface area contributed by atoms with E-state index in [2.05, 4.69) is 9.46 Å². The molecule has 7 heteroatoms. The van der Waals surface area contributed by atoms with Crippen LogP contribution in [0.4, 0.5) is 0 Å². The van der Waals surface area contributed by atoms with Crippen LogP contribution in [0.1, 0.15) is 12.8 Å². The van der Waals surface area contributed by atoms with Crippen molar-refractivity contribution < 1.29 is 23.1 Å². The molecular weight excluding hydrogens is 210 g/mol. The lowest BCUT2D eigenvalue weighted by atomic mass is 9.91. The fraction of sp³-hybridized carbons (Fsp3) is 0.857. The molecule has 0 bridgehead atoms. The minimum Gasteiger partial charge on any atom is -0.468 e. The Morgan fingerprint density at radius 2 is 2.14 bits per heavy atom. The van der Waals surface area contributed by atoms with E-state index < -0.39 is 27.8 Å². The van der Waals surface area contributed by atoms with Crippen LogP contribution >= 0.6 is 0 Å². The van der Waals surface area contributed by atoms with Crippen LogP contribution in [0.15, 0.2) is 0 Å². The maximum Gasteiger partial charge on any atom is 0.322 e. The van der Waals surface area contributed by atoms with Crippen molar-refractivity contribution in [1.29, 1.82) is 0 Å². The monoisotopic (exact) mass is 223 g/mol. The average Bonchev–Trinajstić information content (AvgIpc) is 2.00. The van der Waals surface area contributed by atoms with Crippen molar-refractivity contribution in [2.24, 2.45) is 0 Å². The first-order valence-electron chi connectivity index (χ1n) is 4.18. The number of methoxy groups -OCH3 is 1. The third-order valence-corrected chi connectivity index (χ3v) is 3.30. The van der Waals surface area contributed by atoms with Gasteiger partial charge in [0.2, 0.25) is 10.0 Å². The zero-order chi connectivity index (χ0) is 10.8. The first-order valence-corrected chi connectivity index (χ1v) is 5.83. The van der Waals surface area contributed by atoms with Crippen molar-refractivity contribution in [3.05, 3.63) is 0 Å². The SMILES string of the molecule is COC(=O)CS(=O)(=O)NC1CC(O)C1. The van der Waals surface area contributed by atoms with Gasteiger partial charge in [0.15, 0.2) is 5.75 Å². The average molecular weight is 223 g/mol. The molecule has 0 aromatic carbocycles. The van der Waals surface area contributed by atoms with Gasteiger partial charge in [-0.3, -0.25) is 4.79 Å². The van der Waals surface area contributed by atoms with Crippen molar-refractivity contribution in [3.8, 4) is 0 Å². The molecule has 1 saturated carbocycles. The summed E-state index contributed by atoms with van der Waals surface area (Å²) < 4.78 is 29.0. The maximum atomic E-state index is 11.2. The standard InChI is InChI=1S/C7H13NO5S/c1-13-7(10)4-14(11,12)8-5-2-6(9)3-5/h5-6,8-9H,2-4H2,1H3. The second-order valence-corrected chi connectivity index (χ2v) is 5.03. The summed E-state index contributed by atoms with van der Waals surface area (Å²) in [7, 11) is -2.48. The Labute approximate surface area is 82.3 Å². The van der Waals surface area contributed by atoms with Crippen LogP contribution in [-0.2, 0) is 19.6 Å². The quantitative estimate of drug-likeness (QED) is 0.572. The predicted octanol–water partition coefficient (Wildman–Crippen LogP) is -1.40. The van der Waals surface area contributed by atoms with Crippen LogP contribution in [0.2, 0.25) is 0 Å². The molecule has 2 N–H and O–H groups in total. The Morgan fingerprint density at radius 3 is 2.57 bits per heavy atom. The number of hydrogen-bond donors (Lipinski definition) is 2. The van der Waals surface area contributed by atoms with Crippen LogP contribution in [0.25, 0.3) is 0 Å². The summed E-state index contributed by atoms with van der Waals surface area (Å²) in [4.78, 5) is 10.7. The van der Waals surface area contributed by atoms with Gasteiger partial charge >= 0.3 is 5.97 Å². The van der Waals surface area contributed by atoms with Crippen LogP contribution < -0.4 is 4.72 Å². The molecule has 0 unspecified atom stereocenters. The molecule has 0 saturated heterocycles. The number of carbonyl (C=O) groups excluding carboxylic acids is 1. The van der Waals surface area contributed by atoms with Crippen molar-refractivity contribution >= 4 is 16.0 Å². The predicted molar refractivity (Wildman–Crippen MR) is 48.0 cm³/mol. The van der Waals surface area contributed by atoms with E-state index in [0.29, 0.717) is 12.8 Å². The number of carbonyl (C=O) groups is 1. The Kier molecular flexibility index (Phi) is 3.46. The molecule has 82 valence electrons. The third-order valence-electron chi connectivity index (χ3n) is 1.99. The van der Waals surface area contributed by atoms with Crippen LogP contribution in [0.5, 0.6) is 0 Å². The molecule has 0 amide bonds. The fourth-order valence-corrected chi connectivity index (χ4v) is 2.41. The molecule has 0 spiro atoms. The van der Waals surface area contributed by atoms with Crippen molar-refractivity contribution in [2.45, 2.75) is 25.0 Å². The summed E-state index contributed by atoms with van der Waals surface area (Å²) in [6, 6.07) is -0.250. The first kappa shape index (κ1) is 11.4. The molecular formula is C7H13NO5S. The number of nitrogens with one attached hydrogen (secondary N) is 1. The van der Waals surface area contributed by atoms with Gasteiger partial charge in [-0.25, -0.2) is 13.1 Å². The Morgan fingerprint density at radius 1 is 1.57 bits per heavy atom. The number of esters is 1. The molecule has 0 aromatic heterocycles. The van der Waals surface area contributed by atoms with Gasteiger partial charge in [-0.05, 0) is 12.8 Å². The summed E-state index contributed by atoms with van der Waals surface area (Å²) in [5.41, 5.74) is 0. The molecule has 0 heterocycles. The summed E-state index contributed by atoms with van der Waals surface area (Å²) in [5.74, 6) is -1.46. The van der Waals surface area contributed by atoms with Crippen LogP contribution in [0, 0.1) is 0 Å². The van der Waals surface area contributed by atoms with Gasteiger partial charge in [0, 0.05) is 6.04 Å². The minimum absolute atomic E-state index is 0.250. The highest BCUT2D eigenvalue weighted by Crippen LogP contribution is 2.19. The lowest BCUT2D eigenvalue weighted by Crippen LogP contribution is -2.48. The Hall–Kier alpha value is -0.660. The summed E-state index contributed by atoms with van der Waals surface area (Å²) in [6.07, 6.45) is 0.377. The molecule has 1 rings (SSSR count). The zero-order valence-corrected chi connectivity index (χ0v) is 8.58. The Balaban J connectivity index is 2.38. The van der Waals surface area contributed by atoms with Gasteiger partial charge in [-0.1, -0.05) is 0 Å². The molecule has 14 heavy (non-hydrogen) atoms. The van der Waals surface area contributed by atoms with Crippen molar-refractivity contribution in [3.63, 3.8) is 0 Å². The van der Waals surface area contributed by atoms with Gasteiger partial charge in [0.05, 0.1) is 13.2 Å². The second kappa shape index (κ2) is 4.24. The molecule has 1 fully saturated rings. The normalized spacial score (nSPS) is 26.7. The van der Waals surface area contributed by atoms with E-state index in [-0.39, 0.29) is 6.04 Å². The van der Waals surface area contributed by atoms with Gasteiger partial charge < -0.3 is 9.84 Å². The third kappa shape index (κ3) is 3.24. The zero-order valence-electron chi connectivity index (χ0n) is 7.76. The van der Waals surface area contributed by atoms with E-state index in [9.17, 15) is 13.2 Å². The number of sulfonamides is 1. The van der Waals surface area contributed by atoms with E-state index in [0.717, 1.165) is 7.11 Å². The first-order chi connectivity index (χ1) is 6.43. The maximum absolute atomic E-state index is 11.2. The van der Waals surface area contributed by atoms with E-state index >= 15 is 0 Å². The topological polar surface area (TPSA) is 92.7 Å². The number of aliphatic hydroxyl groups excluding tert-OH is 1. The molecule has 0 aromatic rings. The highest BCUT2D eigenvalue weighted by atomic mass is 32.2. The summed E-state index contributed by atoms with van der Waals surface area (Å²) in [5, 5.41) is 8.92. The van der Waals surface area contributed by atoms with E-state index in [1.54, 1.807) is 0 Å². The largest absolute Gasteiger partial charge is 0.468 e. The van der Waals surface area contributed by atoms with Crippen molar-refractivity contribution in [1.82, 2.24) is 4.72 Å². The summed E-state index contributed by atoms with van der Waals surface area (Å²) in [6.45, 7) is 0. The lowest BCUT2D eigenvalue weighted by Gasteiger charge is -2.31. The lowest BCUT2D eigenvalue weighted by molar-refractivity contribution is -0.137. The molecule has 6 nitrogen and oxygen atoms in total. The molecule has 0 aliphatic heterocycles. The van der Waals surface area contributed by atoms with Gasteiger partial charge in [0.25, 0.3) is 0 Å². The van der Waals surface area contributed by atoms with E-state index in [1.165, 1.54) is 0 Å². The molecule has 0 radical (unpaired) electrons. The second-order valence-electron chi connectivity index (χ2n) is 3.28. The highest BCUT2D eigenvalue weighted by molar-refractivity contribution is 7.90. The number of rotatable bonds is 4. The van der Waals surface area contributed by atoms with Crippen LogP contribution in [-0.4, -0.2) is 44.5 Å².